The number of carbonyl (C=O) groups is 2. The van der Waals surface area contributed by atoms with Crippen molar-refractivity contribution >= 4 is 40.0 Å². The van der Waals surface area contributed by atoms with Crippen LogP contribution in [0.5, 0.6) is 0 Å². The number of ketones is 1. The number of fused-ring (bicyclic) bond motifs is 1. The molecule has 0 saturated heterocycles. The topological polar surface area (TPSA) is 108 Å². The Hall–Kier alpha value is -2.93. The number of nitrogens with zero attached hydrogens (tertiary/aromatic N) is 2. The van der Waals surface area contributed by atoms with E-state index < -0.39 is 5.97 Å². The number of hydrogen-bond donors (Lipinski definition) is 1. The molecule has 0 aromatic carbocycles. The van der Waals surface area contributed by atoms with Gasteiger partial charge in [0.1, 0.15) is 5.58 Å². The van der Waals surface area contributed by atoms with E-state index in [1.165, 1.54) is 12.4 Å². The zero-order chi connectivity index (χ0) is 19.4. The Morgan fingerprint density at radius 2 is 2.07 bits per heavy atom. The van der Waals surface area contributed by atoms with E-state index >= 15 is 0 Å². The Morgan fingerprint density at radius 1 is 1.26 bits per heavy atom. The van der Waals surface area contributed by atoms with Crippen LogP contribution in [0.15, 0.2) is 35.0 Å². The minimum absolute atomic E-state index is 0.0107. The number of nitrogens with two attached hydrogens (primary N) is 1. The maximum Gasteiger partial charge on any atom is 0.357 e. The second-order valence-electron chi connectivity index (χ2n) is 5.90. The fourth-order valence-corrected chi connectivity index (χ4v) is 2.71. The first kappa shape index (κ1) is 18.8. The van der Waals surface area contributed by atoms with Gasteiger partial charge in [-0.1, -0.05) is 18.5 Å². The quantitative estimate of drug-likeness (QED) is 0.484. The molecule has 0 fully saturated rings. The standard InChI is InChI=1S/C19H18ClN3O4/c1-2-9-26-19(25)17-15-14(7-8-22-17)27-18(16(15)21)13(24)6-5-12-4-3-11(20)10-23-12/h3-4,7-8,10H,2,5-6,9,21H2,1H3. The van der Waals surface area contributed by atoms with Gasteiger partial charge in [-0.25, -0.2) is 9.78 Å². The molecule has 2 N–H and O–H groups in total. The lowest BCUT2D eigenvalue weighted by Crippen LogP contribution is -2.09. The molecule has 0 spiro atoms. The van der Waals surface area contributed by atoms with Gasteiger partial charge in [0.15, 0.2) is 11.5 Å². The van der Waals surface area contributed by atoms with Gasteiger partial charge in [0.25, 0.3) is 0 Å². The number of carbonyl (C=O) groups excluding carboxylic acids is 2. The van der Waals surface area contributed by atoms with E-state index in [-0.39, 0.29) is 36.0 Å². The molecule has 3 heterocycles. The predicted octanol–water partition coefficient (Wildman–Crippen LogP) is 3.84. The van der Waals surface area contributed by atoms with E-state index in [9.17, 15) is 9.59 Å². The Bertz CT molecular complexity index is 983. The maximum absolute atomic E-state index is 12.6. The van der Waals surface area contributed by atoms with Crippen molar-refractivity contribution in [3.05, 3.63) is 52.8 Å². The van der Waals surface area contributed by atoms with E-state index in [4.69, 9.17) is 26.5 Å². The number of aryl methyl sites for hydroxylation is 1. The van der Waals surface area contributed by atoms with Gasteiger partial charge >= 0.3 is 5.97 Å². The summed E-state index contributed by atoms with van der Waals surface area (Å²) >= 11 is 5.80. The molecule has 27 heavy (non-hydrogen) atoms. The highest BCUT2D eigenvalue weighted by Crippen LogP contribution is 2.31. The minimum Gasteiger partial charge on any atom is -0.461 e. The van der Waals surface area contributed by atoms with Crippen LogP contribution in [0.4, 0.5) is 5.69 Å². The number of nitrogen functional groups attached to an aromatic ring is 1. The lowest BCUT2D eigenvalue weighted by molar-refractivity contribution is 0.0500. The molecule has 0 aliphatic rings. The first-order valence-corrected chi connectivity index (χ1v) is 8.86. The van der Waals surface area contributed by atoms with Gasteiger partial charge in [-0.2, -0.15) is 0 Å². The smallest absolute Gasteiger partial charge is 0.357 e. The van der Waals surface area contributed by atoms with E-state index in [1.807, 2.05) is 6.92 Å². The fourth-order valence-electron chi connectivity index (χ4n) is 2.60. The molecule has 3 aromatic heterocycles. The second-order valence-corrected chi connectivity index (χ2v) is 6.34. The number of Topliss-reactive ketones (excluding diaryl/α,β-unsaturated/α-hetero) is 1. The molecular weight excluding hydrogens is 370 g/mol. The number of esters is 1. The van der Waals surface area contributed by atoms with Crippen LogP contribution in [-0.2, 0) is 11.2 Å². The second kappa shape index (κ2) is 8.18. The SMILES string of the molecule is CCCOC(=O)c1nccc2oc(C(=O)CCc3ccc(Cl)cn3)c(N)c12. The number of hydrogen-bond acceptors (Lipinski definition) is 7. The summed E-state index contributed by atoms with van der Waals surface area (Å²) < 4.78 is 10.7. The van der Waals surface area contributed by atoms with Gasteiger partial charge in [0.2, 0.25) is 5.78 Å². The van der Waals surface area contributed by atoms with Crippen LogP contribution < -0.4 is 5.73 Å². The molecule has 0 saturated carbocycles. The number of aromatic nitrogens is 2. The van der Waals surface area contributed by atoms with Gasteiger partial charge in [0.05, 0.1) is 22.7 Å². The molecule has 3 aromatic rings. The lowest BCUT2D eigenvalue weighted by Gasteiger charge is -2.03. The molecule has 0 unspecified atom stereocenters. The van der Waals surface area contributed by atoms with Crippen LogP contribution in [0.1, 0.15) is 46.5 Å². The third-order valence-corrected chi connectivity index (χ3v) is 4.14. The van der Waals surface area contributed by atoms with E-state index in [1.54, 1.807) is 18.2 Å². The summed E-state index contributed by atoms with van der Waals surface area (Å²) in [4.78, 5) is 33.0. The summed E-state index contributed by atoms with van der Waals surface area (Å²) in [7, 11) is 0. The van der Waals surface area contributed by atoms with Crippen LogP contribution in [-0.4, -0.2) is 28.3 Å². The van der Waals surface area contributed by atoms with Crippen LogP contribution in [0.25, 0.3) is 11.0 Å². The molecule has 7 nitrogen and oxygen atoms in total. The molecule has 0 amide bonds. The first-order chi connectivity index (χ1) is 13.0. The van der Waals surface area contributed by atoms with Gasteiger partial charge in [-0.3, -0.25) is 9.78 Å². The van der Waals surface area contributed by atoms with E-state index in [0.29, 0.717) is 28.8 Å². The normalized spacial score (nSPS) is 10.9. The Kier molecular flexibility index (Phi) is 5.71. The molecule has 0 atom stereocenters. The van der Waals surface area contributed by atoms with Crippen LogP contribution in [0.3, 0.4) is 0 Å². The molecule has 140 valence electrons. The van der Waals surface area contributed by atoms with Gasteiger partial charge < -0.3 is 14.9 Å². The lowest BCUT2D eigenvalue weighted by atomic mass is 10.1. The largest absolute Gasteiger partial charge is 0.461 e. The number of halogens is 1. The molecule has 0 radical (unpaired) electrons. The number of rotatable bonds is 7. The minimum atomic E-state index is -0.598. The summed E-state index contributed by atoms with van der Waals surface area (Å²) in [5.41, 5.74) is 7.28. The number of furan rings is 1. The average Bonchev–Trinajstić information content (AvgIpc) is 3.02. The Labute approximate surface area is 160 Å². The number of pyridine rings is 2. The van der Waals surface area contributed by atoms with Crippen LogP contribution in [0.2, 0.25) is 5.02 Å². The number of anilines is 1. The molecule has 3 rings (SSSR count). The summed E-state index contributed by atoms with van der Waals surface area (Å²) in [6.07, 6.45) is 4.19. The Balaban J connectivity index is 1.84. The van der Waals surface area contributed by atoms with Gasteiger partial charge in [0, 0.05) is 24.5 Å². The van der Waals surface area contributed by atoms with Crippen LogP contribution >= 0.6 is 11.6 Å². The zero-order valence-corrected chi connectivity index (χ0v) is 15.5. The highest BCUT2D eigenvalue weighted by Gasteiger charge is 2.24. The van der Waals surface area contributed by atoms with Gasteiger partial charge in [-0.05, 0) is 31.0 Å². The molecule has 0 aliphatic heterocycles. The van der Waals surface area contributed by atoms with Crippen molar-refractivity contribution in [3.8, 4) is 0 Å². The summed E-state index contributed by atoms with van der Waals surface area (Å²) in [5.74, 6) is -0.871. The van der Waals surface area contributed by atoms with Gasteiger partial charge in [-0.15, -0.1) is 0 Å². The van der Waals surface area contributed by atoms with Crippen LogP contribution in [0, 0.1) is 0 Å². The first-order valence-electron chi connectivity index (χ1n) is 8.49. The maximum atomic E-state index is 12.6. The molecular formula is C19H18ClN3O4. The average molecular weight is 388 g/mol. The summed E-state index contributed by atoms with van der Waals surface area (Å²) in [5, 5.41) is 0.827. The summed E-state index contributed by atoms with van der Waals surface area (Å²) in [6.45, 7) is 2.16. The molecule has 0 aliphatic carbocycles. The van der Waals surface area contributed by atoms with Crippen molar-refractivity contribution in [2.24, 2.45) is 0 Å². The third-order valence-electron chi connectivity index (χ3n) is 3.92. The highest BCUT2D eigenvalue weighted by atomic mass is 35.5. The van der Waals surface area contributed by atoms with Crippen molar-refractivity contribution in [2.75, 3.05) is 12.3 Å². The van der Waals surface area contributed by atoms with Crippen molar-refractivity contribution < 1.29 is 18.7 Å². The zero-order valence-electron chi connectivity index (χ0n) is 14.7. The highest BCUT2D eigenvalue weighted by molar-refractivity contribution is 6.30. The predicted molar refractivity (Wildman–Crippen MR) is 101 cm³/mol. The third kappa shape index (κ3) is 4.09. The van der Waals surface area contributed by atoms with Crippen molar-refractivity contribution in [3.63, 3.8) is 0 Å². The Morgan fingerprint density at radius 3 is 2.78 bits per heavy atom. The summed E-state index contributed by atoms with van der Waals surface area (Å²) in [6, 6.07) is 5.02. The van der Waals surface area contributed by atoms with E-state index in [0.717, 1.165) is 5.69 Å². The van der Waals surface area contributed by atoms with Crippen molar-refractivity contribution in [1.29, 1.82) is 0 Å². The monoisotopic (exact) mass is 387 g/mol. The molecule has 0 bridgehead atoms. The van der Waals surface area contributed by atoms with E-state index in [2.05, 4.69) is 9.97 Å². The van der Waals surface area contributed by atoms with Crippen molar-refractivity contribution in [1.82, 2.24) is 9.97 Å². The fraction of sp³-hybridized carbons (Fsp3) is 0.263. The number of ether oxygens (including phenoxy) is 1. The molecule has 8 heteroatoms. The van der Waals surface area contributed by atoms with Crippen molar-refractivity contribution in [2.45, 2.75) is 26.2 Å².